The summed E-state index contributed by atoms with van der Waals surface area (Å²) in [6, 6.07) is 9.14. The summed E-state index contributed by atoms with van der Waals surface area (Å²) >= 11 is 0. The van der Waals surface area contributed by atoms with Crippen LogP contribution in [-0.2, 0) is 9.53 Å². The Kier molecular flexibility index (Phi) is 6.77. The summed E-state index contributed by atoms with van der Waals surface area (Å²) in [5.74, 6) is -0.362. The summed E-state index contributed by atoms with van der Waals surface area (Å²) in [5.41, 5.74) is 6.86. The summed E-state index contributed by atoms with van der Waals surface area (Å²) in [6.45, 7) is 4.07. The Hall–Kier alpha value is -1.06. The number of halogens is 1. The van der Waals surface area contributed by atoms with Crippen LogP contribution in [0.1, 0.15) is 25.3 Å². The Balaban J connectivity index is 0.00000225. The summed E-state index contributed by atoms with van der Waals surface area (Å²) < 4.78 is 4.88. The van der Waals surface area contributed by atoms with Crippen LogP contribution in [0.15, 0.2) is 30.3 Å². The number of carbonyl (C=O) groups is 1. The lowest BCUT2D eigenvalue weighted by atomic mass is 9.94. The molecule has 2 N–H and O–H groups in total. The van der Waals surface area contributed by atoms with Crippen molar-refractivity contribution in [2.75, 3.05) is 6.61 Å². The van der Waals surface area contributed by atoms with Crippen molar-refractivity contribution in [3.05, 3.63) is 35.9 Å². The Morgan fingerprint density at radius 1 is 1.38 bits per heavy atom. The smallest absolute Gasteiger partial charge is 0.323 e. The third-order valence-corrected chi connectivity index (χ3v) is 2.42. The van der Waals surface area contributed by atoms with Gasteiger partial charge < -0.3 is 10.5 Å². The van der Waals surface area contributed by atoms with E-state index in [2.05, 4.69) is 0 Å². The number of ether oxygens (including phenoxy) is 1. The van der Waals surface area contributed by atoms with E-state index in [1.807, 2.05) is 37.3 Å². The second-order valence-corrected chi connectivity index (χ2v) is 3.48. The van der Waals surface area contributed by atoms with E-state index >= 15 is 0 Å². The SMILES string of the molecule is CCOC(=O)[C@@H](N)[C@H](C)c1ccccc1.Cl. The monoisotopic (exact) mass is 243 g/mol. The molecule has 3 nitrogen and oxygen atoms in total. The van der Waals surface area contributed by atoms with Crippen molar-refractivity contribution >= 4 is 18.4 Å². The molecule has 0 spiro atoms. The minimum atomic E-state index is -0.590. The van der Waals surface area contributed by atoms with Gasteiger partial charge in [0.15, 0.2) is 0 Å². The van der Waals surface area contributed by atoms with Gasteiger partial charge in [-0.3, -0.25) is 4.79 Å². The third kappa shape index (κ3) is 3.83. The molecule has 0 unspecified atom stereocenters. The first-order valence-corrected chi connectivity index (χ1v) is 5.14. The Bertz CT molecular complexity index is 316. The lowest BCUT2D eigenvalue weighted by Gasteiger charge is -2.18. The molecule has 2 atom stereocenters. The third-order valence-electron chi connectivity index (χ3n) is 2.42. The minimum Gasteiger partial charge on any atom is -0.465 e. The van der Waals surface area contributed by atoms with Crippen LogP contribution in [0.2, 0.25) is 0 Å². The van der Waals surface area contributed by atoms with Gasteiger partial charge in [-0.05, 0) is 12.5 Å². The molecular weight excluding hydrogens is 226 g/mol. The van der Waals surface area contributed by atoms with E-state index in [4.69, 9.17) is 10.5 Å². The van der Waals surface area contributed by atoms with Gasteiger partial charge in [-0.25, -0.2) is 0 Å². The van der Waals surface area contributed by atoms with Gasteiger partial charge in [0, 0.05) is 5.92 Å². The van der Waals surface area contributed by atoms with Gasteiger partial charge in [-0.1, -0.05) is 37.3 Å². The largest absolute Gasteiger partial charge is 0.465 e. The van der Waals surface area contributed by atoms with Crippen molar-refractivity contribution in [2.24, 2.45) is 5.73 Å². The molecule has 0 radical (unpaired) electrons. The number of nitrogens with two attached hydrogens (primary N) is 1. The van der Waals surface area contributed by atoms with Gasteiger partial charge in [0.1, 0.15) is 6.04 Å². The van der Waals surface area contributed by atoms with Gasteiger partial charge >= 0.3 is 5.97 Å². The zero-order valence-electron chi connectivity index (χ0n) is 9.55. The van der Waals surface area contributed by atoms with Crippen LogP contribution in [0.4, 0.5) is 0 Å². The molecule has 0 aliphatic carbocycles. The van der Waals surface area contributed by atoms with E-state index in [0.29, 0.717) is 6.61 Å². The quantitative estimate of drug-likeness (QED) is 0.824. The maximum atomic E-state index is 11.4. The molecule has 0 bridgehead atoms. The molecule has 0 aliphatic rings. The Morgan fingerprint density at radius 2 is 1.94 bits per heavy atom. The first-order chi connectivity index (χ1) is 7.16. The van der Waals surface area contributed by atoms with Crippen molar-refractivity contribution in [3.8, 4) is 0 Å². The highest BCUT2D eigenvalue weighted by Crippen LogP contribution is 2.18. The van der Waals surface area contributed by atoms with E-state index in [1.54, 1.807) is 6.92 Å². The minimum absolute atomic E-state index is 0. The molecule has 0 heterocycles. The van der Waals surface area contributed by atoms with E-state index < -0.39 is 6.04 Å². The van der Waals surface area contributed by atoms with Crippen LogP contribution >= 0.6 is 12.4 Å². The molecule has 90 valence electrons. The van der Waals surface area contributed by atoms with Crippen LogP contribution in [0.25, 0.3) is 0 Å². The highest BCUT2D eigenvalue weighted by molar-refractivity contribution is 5.85. The maximum absolute atomic E-state index is 11.4. The standard InChI is InChI=1S/C12H17NO2.ClH/c1-3-15-12(14)11(13)9(2)10-7-5-4-6-8-10;/h4-9,11H,3,13H2,1-2H3;1H/t9-,11+;/m1./s1. The van der Waals surface area contributed by atoms with Gasteiger partial charge in [0.05, 0.1) is 6.61 Å². The van der Waals surface area contributed by atoms with Crippen molar-refractivity contribution in [2.45, 2.75) is 25.8 Å². The first kappa shape index (κ1) is 14.9. The maximum Gasteiger partial charge on any atom is 0.323 e. The van der Waals surface area contributed by atoms with Crippen LogP contribution in [0, 0.1) is 0 Å². The van der Waals surface area contributed by atoms with Crippen molar-refractivity contribution in [1.29, 1.82) is 0 Å². The predicted octanol–water partition coefficient (Wildman–Crippen LogP) is 2.10. The molecule has 0 amide bonds. The number of carbonyl (C=O) groups excluding carboxylic acids is 1. The zero-order chi connectivity index (χ0) is 11.3. The summed E-state index contributed by atoms with van der Waals surface area (Å²) in [4.78, 5) is 11.4. The molecule has 0 aromatic heterocycles. The summed E-state index contributed by atoms with van der Waals surface area (Å²) in [6.07, 6.45) is 0. The molecule has 0 saturated carbocycles. The number of hydrogen-bond donors (Lipinski definition) is 1. The molecule has 16 heavy (non-hydrogen) atoms. The summed E-state index contributed by atoms with van der Waals surface area (Å²) in [7, 11) is 0. The highest BCUT2D eigenvalue weighted by Gasteiger charge is 2.22. The zero-order valence-corrected chi connectivity index (χ0v) is 10.4. The van der Waals surface area contributed by atoms with Crippen LogP contribution in [0.5, 0.6) is 0 Å². The molecule has 1 rings (SSSR count). The normalized spacial score (nSPS) is 13.4. The van der Waals surface area contributed by atoms with Crippen LogP contribution < -0.4 is 5.73 Å². The van der Waals surface area contributed by atoms with Gasteiger partial charge in [-0.2, -0.15) is 0 Å². The fraction of sp³-hybridized carbons (Fsp3) is 0.417. The lowest BCUT2D eigenvalue weighted by molar-refractivity contribution is -0.145. The fourth-order valence-electron chi connectivity index (χ4n) is 1.41. The average molecular weight is 244 g/mol. The van der Waals surface area contributed by atoms with Crippen LogP contribution in [-0.4, -0.2) is 18.6 Å². The molecule has 1 aromatic carbocycles. The van der Waals surface area contributed by atoms with E-state index in [1.165, 1.54) is 0 Å². The number of hydrogen-bond acceptors (Lipinski definition) is 3. The van der Waals surface area contributed by atoms with E-state index in [-0.39, 0.29) is 24.3 Å². The van der Waals surface area contributed by atoms with Crippen molar-refractivity contribution in [3.63, 3.8) is 0 Å². The molecule has 0 aliphatic heterocycles. The topological polar surface area (TPSA) is 52.3 Å². The Labute approximate surface area is 102 Å². The number of rotatable bonds is 4. The van der Waals surface area contributed by atoms with Crippen LogP contribution in [0.3, 0.4) is 0 Å². The van der Waals surface area contributed by atoms with E-state index in [0.717, 1.165) is 5.56 Å². The van der Waals surface area contributed by atoms with E-state index in [9.17, 15) is 4.79 Å². The second kappa shape index (κ2) is 7.25. The lowest BCUT2D eigenvalue weighted by Crippen LogP contribution is -2.37. The molecule has 1 aromatic rings. The summed E-state index contributed by atoms with van der Waals surface area (Å²) in [5, 5.41) is 0. The first-order valence-electron chi connectivity index (χ1n) is 5.14. The molecule has 0 fully saturated rings. The fourth-order valence-corrected chi connectivity index (χ4v) is 1.41. The van der Waals surface area contributed by atoms with Crippen molar-refractivity contribution in [1.82, 2.24) is 0 Å². The Morgan fingerprint density at radius 3 is 2.44 bits per heavy atom. The molecule has 0 saturated heterocycles. The molecular formula is C12H18ClNO2. The second-order valence-electron chi connectivity index (χ2n) is 3.48. The molecule has 4 heteroatoms. The van der Waals surface area contributed by atoms with Crippen molar-refractivity contribution < 1.29 is 9.53 Å². The highest BCUT2D eigenvalue weighted by atomic mass is 35.5. The van der Waals surface area contributed by atoms with Gasteiger partial charge in [-0.15, -0.1) is 12.4 Å². The average Bonchev–Trinajstić information content (AvgIpc) is 2.28. The van der Waals surface area contributed by atoms with Gasteiger partial charge in [0.25, 0.3) is 0 Å². The number of benzene rings is 1. The number of esters is 1. The predicted molar refractivity (Wildman–Crippen MR) is 66.7 cm³/mol. The van der Waals surface area contributed by atoms with Gasteiger partial charge in [0.2, 0.25) is 0 Å².